The van der Waals surface area contributed by atoms with Crippen LogP contribution in [0.5, 0.6) is 0 Å². The normalized spacial score (nSPS) is 17.6. The molecule has 3 unspecified atom stereocenters. The third-order valence-corrected chi connectivity index (χ3v) is 4.10. The average molecular weight is 249 g/mol. The zero-order valence-electron chi connectivity index (χ0n) is 12.5. The van der Waals surface area contributed by atoms with E-state index in [4.69, 9.17) is 0 Å². The Morgan fingerprint density at radius 3 is 2.00 bits per heavy atom. The lowest BCUT2D eigenvalue weighted by atomic mass is 9.86. The van der Waals surface area contributed by atoms with Gasteiger partial charge >= 0.3 is 0 Å². The highest BCUT2D eigenvalue weighted by Crippen LogP contribution is 2.28. The summed E-state index contributed by atoms with van der Waals surface area (Å²) >= 11 is 0. The van der Waals surface area contributed by atoms with Crippen LogP contribution in [0, 0.1) is 5.41 Å². The van der Waals surface area contributed by atoms with Gasteiger partial charge in [0.1, 0.15) is 0 Å². The molecule has 1 N–H and O–H groups in total. The van der Waals surface area contributed by atoms with Crippen LogP contribution < -0.4 is 0 Å². The van der Waals surface area contributed by atoms with Crippen molar-refractivity contribution in [2.45, 2.75) is 52.8 Å². The Labute approximate surface area is 112 Å². The molecule has 1 rings (SSSR count). The minimum atomic E-state index is -0.444. The zero-order valence-corrected chi connectivity index (χ0v) is 12.5. The average Bonchev–Trinajstić information content (AvgIpc) is 2.35. The minimum absolute atomic E-state index is 0.0987. The highest BCUT2D eigenvalue weighted by atomic mass is 16.3. The van der Waals surface area contributed by atoms with Gasteiger partial charge in [0, 0.05) is 12.1 Å². The number of hydrogen-bond acceptors (Lipinski definition) is 2. The molecule has 2 nitrogen and oxygen atoms in total. The van der Waals surface area contributed by atoms with E-state index in [0.717, 1.165) is 5.56 Å². The molecule has 102 valence electrons. The summed E-state index contributed by atoms with van der Waals surface area (Å²) in [5.41, 5.74) is 1.19. The number of likely N-dealkylation sites (N-methyl/N-ethyl adjacent to an activating group) is 1. The minimum Gasteiger partial charge on any atom is -0.387 e. The first-order chi connectivity index (χ1) is 8.25. The molecule has 0 heterocycles. The first-order valence-electron chi connectivity index (χ1n) is 6.70. The summed E-state index contributed by atoms with van der Waals surface area (Å²) in [5, 5.41) is 10.4. The van der Waals surface area contributed by atoms with Gasteiger partial charge in [-0.1, -0.05) is 51.1 Å². The standard InChI is InChI=1S/C16H27NO/c1-12(17(6)13(2)16(3,4)5)15(18)14-10-8-7-9-11-14/h7-13,15,18H,1-6H3. The Hall–Kier alpha value is -0.860. The highest BCUT2D eigenvalue weighted by Gasteiger charge is 2.30. The van der Waals surface area contributed by atoms with E-state index in [2.05, 4.69) is 46.6 Å². The molecule has 0 amide bonds. The van der Waals surface area contributed by atoms with Gasteiger partial charge in [-0.25, -0.2) is 0 Å². The van der Waals surface area contributed by atoms with Gasteiger partial charge in [0.25, 0.3) is 0 Å². The van der Waals surface area contributed by atoms with Gasteiger partial charge in [-0.3, -0.25) is 4.90 Å². The Morgan fingerprint density at radius 1 is 1.06 bits per heavy atom. The number of benzene rings is 1. The zero-order chi connectivity index (χ0) is 13.9. The van der Waals surface area contributed by atoms with Gasteiger partial charge in [0.2, 0.25) is 0 Å². The second-order valence-electron chi connectivity index (χ2n) is 6.30. The van der Waals surface area contributed by atoms with Crippen LogP contribution >= 0.6 is 0 Å². The molecule has 0 fully saturated rings. The highest BCUT2D eigenvalue weighted by molar-refractivity contribution is 5.18. The van der Waals surface area contributed by atoms with Crippen LogP contribution in [0.2, 0.25) is 0 Å². The molecule has 0 saturated heterocycles. The topological polar surface area (TPSA) is 23.5 Å². The third kappa shape index (κ3) is 3.56. The molecule has 0 bridgehead atoms. The third-order valence-electron chi connectivity index (χ3n) is 4.10. The lowest BCUT2D eigenvalue weighted by Crippen LogP contribution is -2.46. The predicted octanol–water partition coefficient (Wildman–Crippen LogP) is 3.47. The van der Waals surface area contributed by atoms with Crippen molar-refractivity contribution in [1.82, 2.24) is 4.90 Å². The summed E-state index contributed by atoms with van der Waals surface area (Å²) in [6.07, 6.45) is -0.444. The number of aliphatic hydroxyl groups excluding tert-OH is 1. The van der Waals surface area contributed by atoms with E-state index in [0.29, 0.717) is 6.04 Å². The molecule has 0 radical (unpaired) electrons. The lowest BCUT2D eigenvalue weighted by Gasteiger charge is -2.40. The van der Waals surface area contributed by atoms with Crippen LogP contribution in [0.3, 0.4) is 0 Å². The summed E-state index contributed by atoms with van der Waals surface area (Å²) < 4.78 is 0. The first kappa shape index (κ1) is 15.2. The van der Waals surface area contributed by atoms with Crippen LogP contribution in [0.1, 0.15) is 46.3 Å². The van der Waals surface area contributed by atoms with E-state index in [1.54, 1.807) is 0 Å². The molecule has 0 aliphatic heterocycles. The van der Waals surface area contributed by atoms with Gasteiger partial charge in [-0.2, -0.15) is 0 Å². The molecule has 18 heavy (non-hydrogen) atoms. The van der Waals surface area contributed by atoms with E-state index >= 15 is 0 Å². The maximum absolute atomic E-state index is 10.4. The van der Waals surface area contributed by atoms with Gasteiger partial charge in [0.15, 0.2) is 0 Å². The Kier molecular flexibility index (Phi) is 4.94. The van der Waals surface area contributed by atoms with Crippen LogP contribution in [0.15, 0.2) is 30.3 Å². The molecular formula is C16H27NO. The Morgan fingerprint density at radius 2 is 1.56 bits per heavy atom. The van der Waals surface area contributed by atoms with Gasteiger partial charge in [-0.15, -0.1) is 0 Å². The Bertz CT molecular complexity index is 355. The quantitative estimate of drug-likeness (QED) is 0.883. The van der Waals surface area contributed by atoms with E-state index in [9.17, 15) is 5.11 Å². The molecule has 1 aromatic carbocycles. The predicted molar refractivity (Wildman–Crippen MR) is 77.5 cm³/mol. The largest absolute Gasteiger partial charge is 0.387 e. The molecule has 3 atom stereocenters. The van der Waals surface area contributed by atoms with Crippen molar-refractivity contribution in [3.8, 4) is 0 Å². The fourth-order valence-electron chi connectivity index (χ4n) is 2.12. The summed E-state index contributed by atoms with van der Waals surface area (Å²) in [6, 6.07) is 10.4. The molecule has 2 heteroatoms. The van der Waals surface area contributed by atoms with Crippen LogP contribution in [0.4, 0.5) is 0 Å². The molecule has 0 aliphatic carbocycles. The molecule has 0 spiro atoms. The maximum Gasteiger partial charge on any atom is 0.0942 e. The number of aliphatic hydroxyl groups is 1. The summed E-state index contributed by atoms with van der Waals surface area (Å²) in [5.74, 6) is 0. The van der Waals surface area contributed by atoms with E-state index in [1.165, 1.54) is 0 Å². The van der Waals surface area contributed by atoms with E-state index in [1.807, 2.05) is 30.3 Å². The summed E-state index contributed by atoms with van der Waals surface area (Å²) in [7, 11) is 2.09. The summed E-state index contributed by atoms with van der Waals surface area (Å²) in [6.45, 7) is 11.0. The molecule has 0 aromatic heterocycles. The van der Waals surface area contributed by atoms with Crippen molar-refractivity contribution >= 4 is 0 Å². The Balaban J connectivity index is 2.78. The van der Waals surface area contributed by atoms with Crippen molar-refractivity contribution in [3.05, 3.63) is 35.9 Å². The van der Waals surface area contributed by atoms with Crippen molar-refractivity contribution in [2.24, 2.45) is 5.41 Å². The van der Waals surface area contributed by atoms with Crippen LogP contribution in [-0.4, -0.2) is 29.1 Å². The second kappa shape index (κ2) is 5.85. The number of rotatable bonds is 4. The maximum atomic E-state index is 10.4. The van der Waals surface area contributed by atoms with Crippen molar-refractivity contribution in [2.75, 3.05) is 7.05 Å². The SMILES string of the molecule is CC(C(O)c1ccccc1)N(C)C(C)C(C)(C)C. The van der Waals surface area contributed by atoms with E-state index in [-0.39, 0.29) is 11.5 Å². The molecule has 0 saturated carbocycles. The van der Waals surface area contributed by atoms with E-state index < -0.39 is 6.10 Å². The molecular weight excluding hydrogens is 222 g/mol. The van der Waals surface area contributed by atoms with Crippen LogP contribution in [-0.2, 0) is 0 Å². The molecule has 1 aromatic rings. The van der Waals surface area contributed by atoms with Crippen molar-refractivity contribution in [3.63, 3.8) is 0 Å². The van der Waals surface area contributed by atoms with Gasteiger partial charge < -0.3 is 5.11 Å². The van der Waals surface area contributed by atoms with Crippen molar-refractivity contribution < 1.29 is 5.11 Å². The number of hydrogen-bond donors (Lipinski definition) is 1. The second-order valence-corrected chi connectivity index (χ2v) is 6.30. The fourth-order valence-corrected chi connectivity index (χ4v) is 2.12. The lowest BCUT2D eigenvalue weighted by molar-refractivity contribution is 0.0227. The van der Waals surface area contributed by atoms with Gasteiger partial charge in [0.05, 0.1) is 6.10 Å². The smallest absolute Gasteiger partial charge is 0.0942 e. The molecule has 0 aliphatic rings. The first-order valence-corrected chi connectivity index (χ1v) is 6.70. The number of nitrogens with zero attached hydrogens (tertiary/aromatic N) is 1. The fraction of sp³-hybridized carbons (Fsp3) is 0.625. The van der Waals surface area contributed by atoms with Crippen LogP contribution in [0.25, 0.3) is 0 Å². The summed E-state index contributed by atoms with van der Waals surface area (Å²) in [4.78, 5) is 2.26. The van der Waals surface area contributed by atoms with Gasteiger partial charge in [-0.05, 0) is 31.9 Å². The monoisotopic (exact) mass is 249 g/mol. The van der Waals surface area contributed by atoms with Crippen molar-refractivity contribution in [1.29, 1.82) is 0 Å².